The molecule has 1 aromatic carbocycles. The summed E-state index contributed by atoms with van der Waals surface area (Å²) in [5.74, 6) is -1.05. The Balaban J connectivity index is 2.91. The zero-order chi connectivity index (χ0) is 14.4. The molecule has 19 heavy (non-hydrogen) atoms. The number of halogens is 1. The molecular weight excluding hydrogens is 268 g/mol. The van der Waals surface area contributed by atoms with Crippen molar-refractivity contribution in [2.75, 3.05) is 21.2 Å². The first-order valence-electron chi connectivity index (χ1n) is 5.47. The van der Waals surface area contributed by atoms with Crippen molar-refractivity contribution in [2.45, 2.75) is 0 Å². The van der Waals surface area contributed by atoms with Crippen LogP contribution in [0.15, 0.2) is 36.2 Å². The van der Waals surface area contributed by atoms with Gasteiger partial charge in [0.15, 0.2) is 0 Å². The summed E-state index contributed by atoms with van der Waals surface area (Å²) in [7, 11) is 4.71. The van der Waals surface area contributed by atoms with Crippen LogP contribution in [0.1, 0.15) is 10.4 Å². The van der Waals surface area contributed by atoms with Crippen molar-refractivity contribution in [2.24, 2.45) is 0 Å². The van der Waals surface area contributed by atoms with Gasteiger partial charge in [-0.3, -0.25) is 4.79 Å². The Morgan fingerprint density at radius 3 is 2.58 bits per heavy atom. The van der Waals surface area contributed by atoms with Gasteiger partial charge in [-0.2, -0.15) is 0 Å². The molecule has 0 fully saturated rings. The minimum absolute atomic E-state index is 0.0532. The van der Waals surface area contributed by atoms with Crippen molar-refractivity contribution in [1.82, 2.24) is 10.2 Å². The number of carbonyl (C=O) groups excluding carboxylic acids is 2. The average molecular weight is 283 g/mol. The third-order valence-corrected chi connectivity index (χ3v) is 2.36. The second-order valence-electron chi connectivity index (χ2n) is 3.96. The van der Waals surface area contributed by atoms with Crippen molar-refractivity contribution in [1.29, 1.82) is 0 Å². The number of benzene rings is 1. The lowest BCUT2D eigenvalue weighted by Crippen LogP contribution is -2.29. The minimum Gasteiger partial charge on any atom is -0.464 e. The van der Waals surface area contributed by atoms with E-state index in [1.54, 1.807) is 37.2 Å². The first-order valence-corrected chi connectivity index (χ1v) is 5.85. The van der Waals surface area contributed by atoms with Crippen LogP contribution in [0.4, 0.5) is 0 Å². The molecule has 1 N–H and O–H groups in total. The minimum atomic E-state index is -0.621. The second kappa shape index (κ2) is 6.80. The number of amides is 1. The van der Waals surface area contributed by atoms with Gasteiger partial charge < -0.3 is 15.0 Å². The molecule has 1 aromatic rings. The van der Waals surface area contributed by atoms with E-state index in [9.17, 15) is 9.59 Å². The smallest absolute Gasteiger partial charge is 0.356 e. The van der Waals surface area contributed by atoms with E-state index in [-0.39, 0.29) is 5.70 Å². The summed E-state index contributed by atoms with van der Waals surface area (Å²) in [6, 6.07) is 6.44. The highest BCUT2D eigenvalue weighted by atomic mass is 35.5. The maximum absolute atomic E-state index is 12.0. The third-order valence-electron chi connectivity index (χ3n) is 2.13. The van der Waals surface area contributed by atoms with Crippen LogP contribution in [0.3, 0.4) is 0 Å². The Labute approximate surface area is 116 Å². The number of hydrogen-bond donors (Lipinski definition) is 1. The normalized spacial score (nSPS) is 10.8. The van der Waals surface area contributed by atoms with Crippen LogP contribution in [0, 0.1) is 0 Å². The molecule has 0 bridgehead atoms. The molecule has 0 spiro atoms. The maximum atomic E-state index is 12.0. The second-order valence-corrected chi connectivity index (χ2v) is 4.40. The van der Waals surface area contributed by atoms with Crippen molar-refractivity contribution < 1.29 is 14.3 Å². The number of hydrogen-bond acceptors (Lipinski definition) is 4. The van der Waals surface area contributed by atoms with E-state index >= 15 is 0 Å². The SMILES string of the molecule is COC(=O)/C(=C\N(C)C)NC(=O)c1cccc(Cl)c1. The molecule has 0 aliphatic carbocycles. The fourth-order valence-electron chi connectivity index (χ4n) is 1.33. The molecule has 0 aromatic heterocycles. The van der Waals surface area contributed by atoms with Crippen LogP contribution in [0.25, 0.3) is 0 Å². The molecule has 0 radical (unpaired) electrons. The molecule has 1 amide bonds. The molecule has 6 heteroatoms. The third kappa shape index (κ3) is 4.63. The Bertz CT molecular complexity index is 512. The van der Waals surface area contributed by atoms with Crippen LogP contribution in [-0.2, 0) is 9.53 Å². The van der Waals surface area contributed by atoms with E-state index in [4.69, 9.17) is 11.6 Å². The van der Waals surface area contributed by atoms with Gasteiger partial charge in [-0.1, -0.05) is 17.7 Å². The fraction of sp³-hybridized carbons (Fsp3) is 0.231. The van der Waals surface area contributed by atoms with Crippen molar-refractivity contribution >= 4 is 23.5 Å². The summed E-state index contributed by atoms with van der Waals surface area (Å²) in [6.07, 6.45) is 1.47. The summed E-state index contributed by atoms with van der Waals surface area (Å²) in [4.78, 5) is 25.1. The molecule has 1 rings (SSSR count). The van der Waals surface area contributed by atoms with E-state index in [2.05, 4.69) is 10.1 Å². The Kier molecular flexibility index (Phi) is 5.38. The Hall–Kier alpha value is -2.01. The van der Waals surface area contributed by atoms with Gasteiger partial charge in [-0.25, -0.2) is 4.79 Å². The molecular formula is C13H15ClN2O3. The van der Waals surface area contributed by atoms with Crippen LogP contribution < -0.4 is 5.32 Å². The maximum Gasteiger partial charge on any atom is 0.356 e. The Morgan fingerprint density at radius 1 is 1.37 bits per heavy atom. The molecule has 0 unspecified atom stereocenters. The largest absolute Gasteiger partial charge is 0.464 e. The van der Waals surface area contributed by atoms with Gasteiger partial charge in [0.05, 0.1) is 7.11 Å². The molecule has 0 heterocycles. The molecule has 0 aliphatic heterocycles. The van der Waals surface area contributed by atoms with Gasteiger partial charge >= 0.3 is 5.97 Å². The lowest BCUT2D eigenvalue weighted by Gasteiger charge is -2.11. The highest BCUT2D eigenvalue weighted by Gasteiger charge is 2.15. The van der Waals surface area contributed by atoms with Crippen LogP contribution >= 0.6 is 11.6 Å². The van der Waals surface area contributed by atoms with Crippen LogP contribution in [0.2, 0.25) is 5.02 Å². The Morgan fingerprint density at radius 2 is 2.05 bits per heavy atom. The van der Waals surface area contributed by atoms with Crippen molar-refractivity contribution in [3.05, 3.63) is 46.7 Å². The predicted molar refractivity (Wildman–Crippen MR) is 72.7 cm³/mol. The fourth-order valence-corrected chi connectivity index (χ4v) is 1.52. The quantitative estimate of drug-likeness (QED) is 0.674. The van der Waals surface area contributed by atoms with Gasteiger partial charge in [0.1, 0.15) is 5.70 Å². The van der Waals surface area contributed by atoms with E-state index in [0.29, 0.717) is 10.6 Å². The number of ether oxygens (including phenoxy) is 1. The molecule has 0 atom stereocenters. The predicted octanol–water partition coefficient (Wildman–Crippen LogP) is 1.65. The summed E-state index contributed by atoms with van der Waals surface area (Å²) in [6.45, 7) is 0. The zero-order valence-corrected chi connectivity index (χ0v) is 11.7. The number of esters is 1. The van der Waals surface area contributed by atoms with Gasteiger partial charge in [0.2, 0.25) is 0 Å². The number of rotatable bonds is 4. The highest BCUT2D eigenvalue weighted by Crippen LogP contribution is 2.11. The van der Waals surface area contributed by atoms with Crippen LogP contribution in [-0.4, -0.2) is 38.0 Å². The van der Waals surface area contributed by atoms with Gasteiger partial charge in [-0.15, -0.1) is 0 Å². The number of carbonyl (C=O) groups is 2. The lowest BCUT2D eigenvalue weighted by molar-refractivity contribution is -0.136. The van der Waals surface area contributed by atoms with Gasteiger partial charge in [-0.05, 0) is 18.2 Å². The van der Waals surface area contributed by atoms with E-state index in [1.807, 2.05) is 0 Å². The highest BCUT2D eigenvalue weighted by molar-refractivity contribution is 6.31. The average Bonchev–Trinajstić information content (AvgIpc) is 2.36. The lowest BCUT2D eigenvalue weighted by atomic mass is 10.2. The monoisotopic (exact) mass is 282 g/mol. The van der Waals surface area contributed by atoms with E-state index in [0.717, 1.165) is 0 Å². The standard InChI is InChI=1S/C13H15ClN2O3/c1-16(2)8-11(13(18)19-3)15-12(17)9-5-4-6-10(14)7-9/h4-8H,1-3H3,(H,15,17)/b11-8+. The molecule has 0 aliphatic rings. The summed E-state index contributed by atoms with van der Waals surface area (Å²) in [5.41, 5.74) is 0.415. The number of methoxy groups -OCH3 is 1. The van der Waals surface area contributed by atoms with E-state index in [1.165, 1.54) is 19.4 Å². The number of nitrogens with zero attached hydrogens (tertiary/aromatic N) is 1. The molecule has 0 saturated carbocycles. The number of nitrogens with one attached hydrogen (secondary N) is 1. The van der Waals surface area contributed by atoms with Gasteiger partial charge in [0.25, 0.3) is 5.91 Å². The van der Waals surface area contributed by atoms with Crippen molar-refractivity contribution in [3.63, 3.8) is 0 Å². The molecule has 102 valence electrons. The zero-order valence-electron chi connectivity index (χ0n) is 10.9. The summed E-state index contributed by atoms with van der Waals surface area (Å²) >= 11 is 5.81. The summed E-state index contributed by atoms with van der Waals surface area (Å²) in [5, 5.41) is 2.94. The molecule has 5 nitrogen and oxygen atoms in total. The first-order chi connectivity index (χ1) is 8.93. The van der Waals surface area contributed by atoms with E-state index < -0.39 is 11.9 Å². The summed E-state index contributed by atoms with van der Waals surface area (Å²) < 4.78 is 4.60. The molecule has 0 saturated heterocycles. The van der Waals surface area contributed by atoms with Crippen molar-refractivity contribution in [3.8, 4) is 0 Å². The topological polar surface area (TPSA) is 58.6 Å². The van der Waals surface area contributed by atoms with Gasteiger partial charge in [0, 0.05) is 30.9 Å². The first kappa shape index (κ1) is 15.0. The van der Waals surface area contributed by atoms with Crippen LogP contribution in [0.5, 0.6) is 0 Å².